The number of nitrogens with zero attached hydrogens (tertiary/aromatic N) is 3. The lowest BCUT2D eigenvalue weighted by molar-refractivity contribution is -0.385. The highest BCUT2D eigenvalue weighted by molar-refractivity contribution is 6.30. The second kappa shape index (κ2) is 9.11. The summed E-state index contributed by atoms with van der Waals surface area (Å²) in [5.41, 5.74) is 3.22. The molecule has 2 heterocycles. The third-order valence-electron chi connectivity index (χ3n) is 5.68. The van der Waals surface area contributed by atoms with Crippen molar-refractivity contribution in [1.29, 1.82) is 0 Å². The first-order valence-corrected chi connectivity index (χ1v) is 10.6. The molecular weight excluding hydrogens is 390 g/mol. The Kier molecular flexibility index (Phi) is 6.33. The third kappa shape index (κ3) is 4.71. The minimum Gasteiger partial charge on any atom is -0.371 e. The van der Waals surface area contributed by atoms with Crippen molar-refractivity contribution < 1.29 is 9.66 Å². The Morgan fingerprint density at radius 1 is 1.03 bits per heavy atom. The summed E-state index contributed by atoms with van der Waals surface area (Å²) in [6.07, 6.45) is 4.18. The van der Waals surface area contributed by atoms with Crippen LogP contribution in [0.25, 0.3) is 0 Å². The molecule has 0 saturated carbocycles. The molecule has 4 rings (SSSR count). The Balaban J connectivity index is 1.67. The van der Waals surface area contributed by atoms with Gasteiger partial charge in [0.05, 0.1) is 11.5 Å². The molecule has 2 saturated heterocycles. The van der Waals surface area contributed by atoms with E-state index in [1.165, 1.54) is 6.42 Å². The SMILES string of the molecule is O=[N+]([O-])c1ccc(N2CCCCC2)c([C@@H]2OCCCN2Cc2ccc(Cl)cc2)c1. The molecule has 0 spiro atoms. The first kappa shape index (κ1) is 20.1. The zero-order valence-corrected chi connectivity index (χ0v) is 17.2. The number of benzene rings is 2. The van der Waals surface area contributed by atoms with Crippen LogP contribution >= 0.6 is 11.6 Å². The number of hydrogen-bond donors (Lipinski definition) is 0. The third-order valence-corrected chi connectivity index (χ3v) is 5.93. The number of anilines is 1. The molecule has 0 N–H and O–H groups in total. The van der Waals surface area contributed by atoms with Gasteiger partial charge in [0.1, 0.15) is 6.23 Å². The van der Waals surface area contributed by atoms with Crippen molar-refractivity contribution in [2.24, 2.45) is 0 Å². The fourth-order valence-electron chi connectivity index (χ4n) is 4.23. The summed E-state index contributed by atoms with van der Waals surface area (Å²) in [4.78, 5) is 15.7. The van der Waals surface area contributed by atoms with Crippen LogP contribution in [0.15, 0.2) is 42.5 Å². The van der Waals surface area contributed by atoms with E-state index in [1.54, 1.807) is 12.1 Å². The monoisotopic (exact) mass is 415 g/mol. The van der Waals surface area contributed by atoms with Gasteiger partial charge in [0.25, 0.3) is 5.69 Å². The smallest absolute Gasteiger partial charge is 0.270 e. The second-order valence-corrected chi connectivity index (χ2v) is 8.16. The van der Waals surface area contributed by atoms with Gasteiger partial charge in [-0.25, -0.2) is 0 Å². The Bertz CT molecular complexity index is 853. The van der Waals surface area contributed by atoms with Gasteiger partial charge in [-0.05, 0) is 49.4 Å². The molecule has 29 heavy (non-hydrogen) atoms. The van der Waals surface area contributed by atoms with E-state index >= 15 is 0 Å². The van der Waals surface area contributed by atoms with Gasteiger partial charge >= 0.3 is 0 Å². The maximum absolute atomic E-state index is 11.5. The topological polar surface area (TPSA) is 58.9 Å². The molecule has 0 aliphatic carbocycles. The first-order chi connectivity index (χ1) is 14.1. The van der Waals surface area contributed by atoms with Crippen LogP contribution in [-0.2, 0) is 11.3 Å². The molecule has 6 nitrogen and oxygen atoms in total. The van der Waals surface area contributed by atoms with E-state index in [0.717, 1.165) is 55.7 Å². The van der Waals surface area contributed by atoms with Crippen LogP contribution in [-0.4, -0.2) is 36.1 Å². The molecule has 7 heteroatoms. The molecule has 2 aromatic rings. The lowest BCUT2D eigenvalue weighted by atomic mass is 10.0. The van der Waals surface area contributed by atoms with Crippen LogP contribution in [0.2, 0.25) is 5.02 Å². The molecule has 154 valence electrons. The largest absolute Gasteiger partial charge is 0.371 e. The Morgan fingerprint density at radius 2 is 1.79 bits per heavy atom. The molecular formula is C22H26ClN3O3. The zero-order valence-electron chi connectivity index (χ0n) is 16.4. The predicted molar refractivity (Wildman–Crippen MR) is 114 cm³/mol. The van der Waals surface area contributed by atoms with E-state index in [9.17, 15) is 10.1 Å². The van der Waals surface area contributed by atoms with Gasteiger partial charge in [-0.1, -0.05) is 23.7 Å². The summed E-state index contributed by atoms with van der Waals surface area (Å²) >= 11 is 6.03. The van der Waals surface area contributed by atoms with Crippen molar-refractivity contribution in [2.45, 2.75) is 38.5 Å². The normalized spacial score (nSPS) is 20.6. The minimum atomic E-state index is -0.324. The Hall–Kier alpha value is -2.15. The quantitative estimate of drug-likeness (QED) is 0.498. The average molecular weight is 416 g/mol. The summed E-state index contributed by atoms with van der Waals surface area (Å²) < 4.78 is 6.19. The standard InChI is InChI=1S/C22H26ClN3O3/c23-18-7-5-17(6-8-18)16-25-13-4-14-29-22(25)20-15-19(26(27)28)9-10-21(20)24-11-2-1-3-12-24/h5-10,15,22H,1-4,11-14,16H2/t22-/m0/s1. The molecule has 2 fully saturated rings. The lowest BCUT2D eigenvalue weighted by Gasteiger charge is -2.39. The molecule has 1 atom stereocenters. The summed E-state index contributed by atoms with van der Waals surface area (Å²) in [5, 5.41) is 12.2. The average Bonchev–Trinajstić information content (AvgIpc) is 2.76. The number of halogens is 1. The maximum Gasteiger partial charge on any atom is 0.270 e. The van der Waals surface area contributed by atoms with Crippen LogP contribution in [0.1, 0.15) is 43.0 Å². The highest BCUT2D eigenvalue weighted by atomic mass is 35.5. The fourth-order valence-corrected chi connectivity index (χ4v) is 4.36. The molecule has 0 amide bonds. The van der Waals surface area contributed by atoms with Gasteiger partial charge < -0.3 is 9.64 Å². The van der Waals surface area contributed by atoms with E-state index in [1.807, 2.05) is 30.3 Å². The summed E-state index contributed by atoms with van der Waals surface area (Å²) in [5.74, 6) is 0. The van der Waals surface area contributed by atoms with Gasteiger partial charge in [-0.2, -0.15) is 0 Å². The van der Waals surface area contributed by atoms with Gasteiger partial charge in [0, 0.05) is 54.6 Å². The molecule has 2 aliphatic heterocycles. The lowest BCUT2D eigenvalue weighted by Crippen LogP contribution is -2.38. The van der Waals surface area contributed by atoms with Crippen LogP contribution in [0, 0.1) is 10.1 Å². The van der Waals surface area contributed by atoms with Crippen LogP contribution in [0.4, 0.5) is 11.4 Å². The van der Waals surface area contributed by atoms with Gasteiger partial charge in [0.2, 0.25) is 0 Å². The molecule has 0 unspecified atom stereocenters. The summed E-state index contributed by atoms with van der Waals surface area (Å²) in [6, 6.07) is 13.0. The number of rotatable bonds is 5. The van der Waals surface area contributed by atoms with E-state index in [4.69, 9.17) is 16.3 Å². The maximum atomic E-state index is 11.5. The van der Waals surface area contributed by atoms with Crippen molar-refractivity contribution >= 4 is 23.0 Å². The minimum absolute atomic E-state index is 0.112. The van der Waals surface area contributed by atoms with Crippen LogP contribution in [0.5, 0.6) is 0 Å². The first-order valence-electron chi connectivity index (χ1n) is 10.3. The van der Waals surface area contributed by atoms with E-state index in [-0.39, 0.29) is 16.8 Å². The highest BCUT2D eigenvalue weighted by Crippen LogP contribution is 2.37. The molecule has 0 aromatic heterocycles. The molecule has 2 aliphatic rings. The van der Waals surface area contributed by atoms with E-state index in [0.29, 0.717) is 18.2 Å². The Labute approximate surface area is 176 Å². The highest BCUT2D eigenvalue weighted by Gasteiger charge is 2.30. The van der Waals surface area contributed by atoms with Gasteiger partial charge in [-0.15, -0.1) is 0 Å². The van der Waals surface area contributed by atoms with Crippen LogP contribution in [0.3, 0.4) is 0 Å². The predicted octanol–water partition coefficient (Wildman–Crippen LogP) is 5.16. The number of nitro groups is 1. The number of ether oxygens (including phenoxy) is 1. The van der Waals surface area contributed by atoms with Crippen LogP contribution < -0.4 is 4.90 Å². The zero-order chi connectivity index (χ0) is 20.2. The van der Waals surface area contributed by atoms with E-state index < -0.39 is 0 Å². The van der Waals surface area contributed by atoms with Crippen molar-refractivity contribution in [3.8, 4) is 0 Å². The fraction of sp³-hybridized carbons (Fsp3) is 0.455. The van der Waals surface area contributed by atoms with Crippen molar-refractivity contribution in [2.75, 3.05) is 31.1 Å². The molecule has 0 bridgehead atoms. The number of piperidine rings is 1. The second-order valence-electron chi connectivity index (χ2n) is 7.72. The van der Waals surface area contributed by atoms with Crippen molar-refractivity contribution in [3.63, 3.8) is 0 Å². The van der Waals surface area contributed by atoms with Crippen molar-refractivity contribution in [1.82, 2.24) is 4.90 Å². The molecule has 2 aromatic carbocycles. The van der Waals surface area contributed by atoms with Gasteiger partial charge in [-0.3, -0.25) is 15.0 Å². The Morgan fingerprint density at radius 3 is 2.52 bits per heavy atom. The van der Waals surface area contributed by atoms with Crippen molar-refractivity contribution in [3.05, 3.63) is 68.7 Å². The number of nitro benzene ring substituents is 1. The summed E-state index contributed by atoms with van der Waals surface area (Å²) in [7, 11) is 0. The summed E-state index contributed by atoms with van der Waals surface area (Å²) in [6.45, 7) is 4.22. The number of hydrogen-bond acceptors (Lipinski definition) is 5. The van der Waals surface area contributed by atoms with Gasteiger partial charge in [0.15, 0.2) is 0 Å². The van der Waals surface area contributed by atoms with E-state index in [2.05, 4.69) is 9.80 Å². The number of non-ortho nitro benzene ring substituents is 1. The molecule has 0 radical (unpaired) electrons.